The van der Waals surface area contributed by atoms with Gasteiger partial charge in [0.05, 0.1) is 11.1 Å². The first kappa shape index (κ1) is 16.8. The average molecular weight is 346 g/mol. The Kier molecular flexibility index (Phi) is 4.49. The lowest BCUT2D eigenvalue weighted by molar-refractivity contribution is 0.0833. The Morgan fingerprint density at radius 1 is 1.25 bits per heavy atom. The molecule has 0 saturated carbocycles. The Morgan fingerprint density at radius 3 is 2.67 bits per heavy atom. The number of carbonyl (C=O) groups is 2. The van der Waals surface area contributed by atoms with Crippen LogP contribution in [0.1, 0.15) is 57.9 Å². The van der Waals surface area contributed by atoms with Crippen molar-refractivity contribution < 1.29 is 14.0 Å². The van der Waals surface area contributed by atoms with Crippen molar-refractivity contribution in [3.63, 3.8) is 0 Å². The van der Waals surface area contributed by atoms with Gasteiger partial charge in [0.25, 0.3) is 5.91 Å². The maximum atomic E-state index is 12.3. The van der Waals surface area contributed by atoms with Crippen LogP contribution in [-0.2, 0) is 12.8 Å². The van der Waals surface area contributed by atoms with Crippen LogP contribution in [0.5, 0.6) is 0 Å². The third-order valence-electron chi connectivity index (χ3n) is 4.57. The first-order chi connectivity index (χ1) is 11.3. The molecule has 2 heterocycles. The normalized spacial score (nSPS) is 17.2. The number of thiophene rings is 1. The lowest BCUT2D eigenvalue weighted by Crippen LogP contribution is -2.41. The number of furan rings is 1. The van der Waals surface area contributed by atoms with Crippen molar-refractivity contribution in [3.8, 4) is 0 Å². The Hall–Kier alpha value is -2.08. The van der Waals surface area contributed by atoms with Gasteiger partial charge in [-0.1, -0.05) is 20.8 Å². The van der Waals surface area contributed by atoms with E-state index in [1.807, 2.05) is 6.07 Å². The van der Waals surface area contributed by atoms with E-state index < -0.39 is 5.91 Å². The fraction of sp³-hybridized carbons (Fsp3) is 0.444. The highest BCUT2D eigenvalue weighted by atomic mass is 32.1. The summed E-state index contributed by atoms with van der Waals surface area (Å²) in [6, 6.07) is 5.12. The van der Waals surface area contributed by atoms with Crippen LogP contribution in [0.25, 0.3) is 0 Å². The van der Waals surface area contributed by atoms with E-state index >= 15 is 0 Å². The smallest absolute Gasteiger partial charge is 0.305 e. The average Bonchev–Trinajstić information content (AvgIpc) is 3.19. The first-order valence-corrected chi connectivity index (χ1v) is 8.92. The first-order valence-electron chi connectivity index (χ1n) is 8.10. The molecule has 2 N–H and O–H groups in total. The zero-order valence-corrected chi connectivity index (χ0v) is 15.0. The van der Waals surface area contributed by atoms with Gasteiger partial charge in [-0.2, -0.15) is 0 Å². The molecule has 0 fully saturated rings. The van der Waals surface area contributed by atoms with Crippen LogP contribution in [0.15, 0.2) is 28.9 Å². The number of fused-ring (bicyclic) bond motifs is 1. The molecule has 3 rings (SSSR count). The van der Waals surface area contributed by atoms with E-state index in [1.54, 1.807) is 6.07 Å². The highest BCUT2D eigenvalue weighted by Gasteiger charge is 2.30. The van der Waals surface area contributed by atoms with Gasteiger partial charge in [0.15, 0.2) is 5.76 Å². The topological polar surface area (TPSA) is 71.3 Å². The van der Waals surface area contributed by atoms with Gasteiger partial charge in [0.1, 0.15) is 0 Å². The minimum atomic E-state index is -0.470. The second-order valence-electron chi connectivity index (χ2n) is 7.25. The van der Waals surface area contributed by atoms with E-state index in [9.17, 15) is 9.59 Å². The largest absolute Gasteiger partial charge is 0.459 e. The van der Waals surface area contributed by atoms with E-state index in [-0.39, 0.29) is 17.1 Å². The standard InChI is InChI=1S/C18H22N2O3S/c1-18(2,3)12-6-7-14-11(9-12)10-15(24-14)17(22)20-19-16(21)13-5-4-8-23-13/h4-5,8,10,12H,6-7,9H2,1-3H3,(H,19,21)(H,20,22)/t12-/m1/s1. The third-order valence-corrected chi connectivity index (χ3v) is 5.80. The lowest BCUT2D eigenvalue weighted by atomic mass is 9.72. The highest BCUT2D eigenvalue weighted by molar-refractivity contribution is 7.14. The van der Waals surface area contributed by atoms with Gasteiger partial charge in [-0.25, -0.2) is 0 Å². The summed E-state index contributed by atoms with van der Waals surface area (Å²) in [6.07, 6.45) is 4.61. The lowest BCUT2D eigenvalue weighted by Gasteiger charge is -2.33. The fourth-order valence-corrected chi connectivity index (χ4v) is 4.12. The molecule has 128 valence electrons. The van der Waals surface area contributed by atoms with Crippen molar-refractivity contribution in [2.75, 3.05) is 0 Å². The fourth-order valence-electron chi connectivity index (χ4n) is 3.02. The number of hydrogen-bond donors (Lipinski definition) is 2. The molecule has 2 aromatic heterocycles. The highest BCUT2D eigenvalue weighted by Crippen LogP contribution is 2.40. The van der Waals surface area contributed by atoms with E-state index in [2.05, 4.69) is 31.6 Å². The Labute approximate surface area is 145 Å². The van der Waals surface area contributed by atoms with Crippen LogP contribution >= 0.6 is 11.3 Å². The van der Waals surface area contributed by atoms with Crippen LogP contribution in [0.2, 0.25) is 0 Å². The van der Waals surface area contributed by atoms with Gasteiger partial charge >= 0.3 is 5.91 Å². The predicted octanol–water partition coefficient (Wildman–Crippen LogP) is 3.57. The van der Waals surface area contributed by atoms with Crippen LogP contribution in [-0.4, -0.2) is 11.8 Å². The third kappa shape index (κ3) is 3.53. The molecular formula is C18H22N2O3S. The van der Waals surface area contributed by atoms with Crippen molar-refractivity contribution in [3.05, 3.63) is 45.5 Å². The molecule has 0 spiro atoms. The maximum absolute atomic E-state index is 12.3. The van der Waals surface area contributed by atoms with Crippen LogP contribution < -0.4 is 10.9 Å². The minimum absolute atomic E-state index is 0.161. The van der Waals surface area contributed by atoms with Crippen LogP contribution in [0.3, 0.4) is 0 Å². The minimum Gasteiger partial charge on any atom is -0.459 e. The van der Waals surface area contributed by atoms with Crippen molar-refractivity contribution in [2.45, 2.75) is 40.0 Å². The molecule has 0 aliphatic heterocycles. The second-order valence-corrected chi connectivity index (χ2v) is 8.39. The van der Waals surface area contributed by atoms with Gasteiger partial charge in [-0.3, -0.25) is 20.4 Å². The summed E-state index contributed by atoms with van der Waals surface area (Å²) < 4.78 is 4.98. The summed E-state index contributed by atoms with van der Waals surface area (Å²) in [5.74, 6) is 0.0343. The molecule has 2 amide bonds. The zero-order valence-electron chi connectivity index (χ0n) is 14.1. The number of hydrazine groups is 1. The molecule has 6 heteroatoms. The molecule has 1 aliphatic rings. The summed E-state index contributed by atoms with van der Waals surface area (Å²) in [7, 11) is 0. The summed E-state index contributed by atoms with van der Waals surface area (Å²) in [5, 5.41) is 0. The molecule has 0 radical (unpaired) electrons. The number of nitrogens with one attached hydrogen (secondary N) is 2. The molecule has 24 heavy (non-hydrogen) atoms. The van der Waals surface area contributed by atoms with Gasteiger partial charge in [-0.05, 0) is 54.4 Å². The quantitative estimate of drug-likeness (QED) is 0.817. The van der Waals surface area contributed by atoms with E-state index in [1.165, 1.54) is 34.1 Å². The Balaban J connectivity index is 1.63. The second kappa shape index (κ2) is 6.43. The molecule has 2 aromatic rings. The summed E-state index contributed by atoms with van der Waals surface area (Å²) in [4.78, 5) is 26.0. The number of hydrogen-bond acceptors (Lipinski definition) is 4. The Morgan fingerprint density at radius 2 is 2.00 bits per heavy atom. The van der Waals surface area contributed by atoms with E-state index in [0.717, 1.165) is 19.3 Å². The van der Waals surface area contributed by atoms with Gasteiger partial charge in [0.2, 0.25) is 0 Å². The van der Waals surface area contributed by atoms with Gasteiger partial charge in [0, 0.05) is 4.88 Å². The molecule has 0 unspecified atom stereocenters. The molecular weight excluding hydrogens is 324 g/mol. The predicted molar refractivity (Wildman–Crippen MR) is 92.9 cm³/mol. The van der Waals surface area contributed by atoms with Crippen molar-refractivity contribution in [1.82, 2.24) is 10.9 Å². The molecule has 0 bridgehead atoms. The Bertz CT molecular complexity index is 741. The number of aryl methyl sites for hydroxylation is 1. The number of rotatable bonds is 2. The van der Waals surface area contributed by atoms with Gasteiger partial charge < -0.3 is 4.42 Å². The number of amides is 2. The maximum Gasteiger partial charge on any atom is 0.305 e. The van der Waals surface area contributed by atoms with Crippen LogP contribution in [0, 0.1) is 11.3 Å². The molecule has 1 aliphatic carbocycles. The molecule has 5 nitrogen and oxygen atoms in total. The van der Waals surface area contributed by atoms with E-state index in [0.29, 0.717) is 10.8 Å². The number of carbonyl (C=O) groups excluding carboxylic acids is 2. The zero-order chi connectivity index (χ0) is 17.3. The summed E-state index contributed by atoms with van der Waals surface area (Å²) in [5.41, 5.74) is 6.37. The molecule has 1 atom stereocenters. The molecule has 0 aromatic carbocycles. The van der Waals surface area contributed by atoms with Crippen LogP contribution in [0.4, 0.5) is 0 Å². The van der Waals surface area contributed by atoms with Gasteiger partial charge in [-0.15, -0.1) is 11.3 Å². The monoisotopic (exact) mass is 346 g/mol. The van der Waals surface area contributed by atoms with Crippen molar-refractivity contribution in [1.29, 1.82) is 0 Å². The molecule has 0 saturated heterocycles. The van der Waals surface area contributed by atoms with E-state index in [4.69, 9.17) is 4.42 Å². The SMILES string of the molecule is CC(C)(C)[C@@H]1CCc2sc(C(=O)NNC(=O)c3ccco3)cc2C1. The summed E-state index contributed by atoms with van der Waals surface area (Å²) in [6.45, 7) is 6.81. The van der Waals surface area contributed by atoms with Crippen molar-refractivity contribution in [2.24, 2.45) is 11.3 Å². The summed E-state index contributed by atoms with van der Waals surface area (Å²) >= 11 is 1.52. The van der Waals surface area contributed by atoms with Crippen molar-refractivity contribution >= 4 is 23.2 Å².